The van der Waals surface area contributed by atoms with E-state index in [4.69, 9.17) is 14.2 Å². The van der Waals surface area contributed by atoms with Gasteiger partial charge < -0.3 is 14.2 Å². The fourth-order valence-electron chi connectivity index (χ4n) is 1.16. The SMILES string of the molecule is CCOc1cc(I)cc(OC)c1OC. The molecule has 1 aromatic rings. The first-order chi connectivity index (χ1) is 6.72. The van der Waals surface area contributed by atoms with E-state index in [1.165, 1.54) is 0 Å². The van der Waals surface area contributed by atoms with Gasteiger partial charge in [0.25, 0.3) is 0 Å². The van der Waals surface area contributed by atoms with Gasteiger partial charge in [0.1, 0.15) is 0 Å². The van der Waals surface area contributed by atoms with Gasteiger partial charge in [0, 0.05) is 3.57 Å². The molecule has 0 bridgehead atoms. The highest BCUT2D eigenvalue weighted by Gasteiger charge is 2.12. The average Bonchev–Trinajstić information content (AvgIpc) is 2.17. The second-order valence-electron chi connectivity index (χ2n) is 2.57. The highest BCUT2D eigenvalue weighted by atomic mass is 127. The van der Waals surface area contributed by atoms with Crippen LogP contribution in [0.2, 0.25) is 0 Å². The summed E-state index contributed by atoms with van der Waals surface area (Å²) in [5, 5.41) is 0. The van der Waals surface area contributed by atoms with Crippen molar-refractivity contribution in [3.8, 4) is 17.2 Å². The average molecular weight is 308 g/mol. The molecule has 78 valence electrons. The molecule has 0 saturated carbocycles. The van der Waals surface area contributed by atoms with Gasteiger partial charge in [0.05, 0.1) is 20.8 Å². The normalized spacial score (nSPS) is 9.71. The van der Waals surface area contributed by atoms with Crippen molar-refractivity contribution in [2.45, 2.75) is 6.92 Å². The molecule has 0 aliphatic rings. The molecule has 0 aliphatic carbocycles. The summed E-state index contributed by atoms with van der Waals surface area (Å²) in [5.41, 5.74) is 0. The maximum atomic E-state index is 5.44. The third-order valence-corrected chi connectivity index (χ3v) is 2.33. The number of hydrogen-bond donors (Lipinski definition) is 0. The predicted octanol–water partition coefficient (Wildman–Crippen LogP) is 2.71. The van der Waals surface area contributed by atoms with Crippen LogP contribution in [-0.2, 0) is 0 Å². The molecule has 0 atom stereocenters. The van der Waals surface area contributed by atoms with Crippen molar-refractivity contribution in [3.63, 3.8) is 0 Å². The number of rotatable bonds is 4. The molecule has 0 saturated heterocycles. The Hall–Kier alpha value is -0.650. The van der Waals surface area contributed by atoms with Crippen LogP contribution in [0.5, 0.6) is 17.2 Å². The molecule has 0 spiro atoms. The minimum atomic E-state index is 0.611. The molecule has 14 heavy (non-hydrogen) atoms. The maximum Gasteiger partial charge on any atom is 0.203 e. The first-order valence-corrected chi connectivity index (χ1v) is 5.35. The van der Waals surface area contributed by atoms with Gasteiger partial charge >= 0.3 is 0 Å². The molecular weight excluding hydrogens is 295 g/mol. The molecule has 4 heteroatoms. The Kier molecular flexibility index (Phi) is 4.31. The number of hydrogen-bond acceptors (Lipinski definition) is 3. The van der Waals surface area contributed by atoms with Crippen LogP contribution in [0.1, 0.15) is 6.92 Å². The zero-order valence-corrected chi connectivity index (χ0v) is 10.6. The molecule has 0 amide bonds. The van der Waals surface area contributed by atoms with Crippen LogP contribution in [0, 0.1) is 3.57 Å². The fourth-order valence-corrected chi connectivity index (χ4v) is 1.73. The van der Waals surface area contributed by atoms with Crippen LogP contribution in [-0.4, -0.2) is 20.8 Å². The minimum Gasteiger partial charge on any atom is -0.493 e. The molecule has 0 aliphatic heterocycles. The monoisotopic (exact) mass is 308 g/mol. The van der Waals surface area contributed by atoms with E-state index in [1.54, 1.807) is 14.2 Å². The number of methoxy groups -OCH3 is 2. The van der Waals surface area contributed by atoms with Crippen molar-refractivity contribution in [2.75, 3.05) is 20.8 Å². The second-order valence-corrected chi connectivity index (χ2v) is 3.82. The highest BCUT2D eigenvalue weighted by molar-refractivity contribution is 14.1. The summed E-state index contributed by atoms with van der Waals surface area (Å²) in [4.78, 5) is 0. The van der Waals surface area contributed by atoms with Gasteiger partial charge in [-0.2, -0.15) is 0 Å². The van der Waals surface area contributed by atoms with E-state index >= 15 is 0 Å². The maximum absolute atomic E-state index is 5.44. The van der Waals surface area contributed by atoms with Gasteiger partial charge in [-0.25, -0.2) is 0 Å². The summed E-state index contributed by atoms with van der Waals surface area (Å²) in [6.45, 7) is 2.55. The summed E-state index contributed by atoms with van der Waals surface area (Å²) in [7, 11) is 3.22. The zero-order chi connectivity index (χ0) is 10.6. The first-order valence-electron chi connectivity index (χ1n) is 4.27. The van der Waals surface area contributed by atoms with Gasteiger partial charge in [-0.3, -0.25) is 0 Å². The lowest BCUT2D eigenvalue weighted by molar-refractivity contribution is 0.296. The van der Waals surface area contributed by atoms with Crippen molar-refractivity contribution >= 4 is 22.6 Å². The molecule has 0 radical (unpaired) electrons. The lowest BCUT2D eigenvalue weighted by atomic mass is 10.3. The third-order valence-electron chi connectivity index (χ3n) is 1.71. The van der Waals surface area contributed by atoms with Crippen molar-refractivity contribution in [3.05, 3.63) is 15.7 Å². The van der Waals surface area contributed by atoms with Crippen LogP contribution in [0.4, 0.5) is 0 Å². The van der Waals surface area contributed by atoms with Gasteiger partial charge in [-0.05, 0) is 41.6 Å². The van der Waals surface area contributed by atoms with Crippen molar-refractivity contribution in [1.29, 1.82) is 0 Å². The van der Waals surface area contributed by atoms with Gasteiger partial charge in [-0.15, -0.1) is 0 Å². The molecule has 3 nitrogen and oxygen atoms in total. The minimum absolute atomic E-state index is 0.611. The Morgan fingerprint density at radius 2 is 1.79 bits per heavy atom. The summed E-state index contributed by atoms with van der Waals surface area (Å²) in [6, 6.07) is 3.83. The van der Waals surface area contributed by atoms with Crippen LogP contribution >= 0.6 is 22.6 Å². The van der Waals surface area contributed by atoms with E-state index in [2.05, 4.69) is 22.6 Å². The summed E-state index contributed by atoms with van der Waals surface area (Å²) < 4.78 is 16.9. The molecule has 1 rings (SSSR count). The highest BCUT2D eigenvalue weighted by Crippen LogP contribution is 2.38. The van der Waals surface area contributed by atoms with E-state index in [0.717, 1.165) is 9.32 Å². The molecule has 0 unspecified atom stereocenters. The second kappa shape index (κ2) is 5.29. The smallest absolute Gasteiger partial charge is 0.203 e. The molecular formula is C10H13IO3. The Labute approximate surface area is 97.5 Å². The molecule has 1 aromatic carbocycles. The molecule has 0 aromatic heterocycles. The van der Waals surface area contributed by atoms with E-state index < -0.39 is 0 Å². The lowest BCUT2D eigenvalue weighted by Crippen LogP contribution is -1.98. The molecule has 0 fully saturated rings. The third kappa shape index (κ3) is 2.43. The molecule has 0 heterocycles. The standard InChI is InChI=1S/C10H13IO3/c1-4-14-9-6-7(11)5-8(12-2)10(9)13-3/h5-6H,4H2,1-3H3. The van der Waals surface area contributed by atoms with Crippen LogP contribution in [0.15, 0.2) is 12.1 Å². The van der Waals surface area contributed by atoms with Gasteiger partial charge in [0.15, 0.2) is 11.5 Å². The van der Waals surface area contributed by atoms with Gasteiger partial charge in [-0.1, -0.05) is 0 Å². The quantitative estimate of drug-likeness (QED) is 0.801. The number of halogens is 1. The van der Waals surface area contributed by atoms with E-state index in [-0.39, 0.29) is 0 Å². The van der Waals surface area contributed by atoms with E-state index in [1.807, 2.05) is 19.1 Å². The summed E-state index contributed by atoms with van der Waals surface area (Å²) in [6.07, 6.45) is 0. The summed E-state index contributed by atoms with van der Waals surface area (Å²) >= 11 is 2.21. The van der Waals surface area contributed by atoms with Crippen molar-refractivity contribution < 1.29 is 14.2 Å². The predicted molar refractivity (Wildman–Crippen MR) is 63.4 cm³/mol. The van der Waals surface area contributed by atoms with Crippen molar-refractivity contribution in [2.24, 2.45) is 0 Å². The Bertz CT molecular complexity index is 312. The fraction of sp³-hybridized carbons (Fsp3) is 0.400. The lowest BCUT2D eigenvalue weighted by Gasteiger charge is -2.13. The molecule has 0 N–H and O–H groups in total. The first kappa shape index (κ1) is 11.4. The van der Waals surface area contributed by atoms with Gasteiger partial charge in [0.2, 0.25) is 5.75 Å². The Morgan fingerprint density at radius 1 is 1.14 bits per heavy atom. The van der Waals surface area contributed by atoms with E-state index in [9.17, 15) is 0 Å². The number of ether oxygens (including phenoxy) is 3. The van der Waals surface area contributed by atoms with Crippen molar-refractivity contribution in [1.82, 2.24) is 0 Å². The Balaban J connectivity index is 3.17. The topological polar surface area (TPSA) is 27.7 Å². The van der Waals surface area contributed by atoms with Crippen LogP contribution < -0.4 is 14.2 Å². The number of benzene rings is 1. The zero-order valence-electron chi connectivity index (χ0n) is 8.46. The summed E-state index contributed by atoms with van der Waals surface area (Å²) in [5.74, 6) is 2.07. The van der Waals surface area contributed by atoms with Crippen LogP contribution in [0.3, 0.4) is 0 Å². The van der Waals surface area contributed by atoms with Crippen LogP contribution in [0.25, 0.3) is 0 Å². The largest absolute Gasteiger partial charge is 0.493 e. The Morgan fingerprint density at radius 3 is 2.29 bits per heavy atom. The van der Waals surface area contributed by atoms with E-state index in [0.29, 0.717) is 18.1 Å².